The molecule has 1 heterocycles. The number of hydrogen-bond acceptors (Lipinski definition) is 2. The highest BCUT2D eigenvalue weighted by Gasteiger charge is 2.29. The number of amides is 2. The molecule has 2 amide bonds. The van der Waals surface area contributed by atoms with E-state index in [-0.39, 0.29) is 23.9 Å². The molecular formula is C20H24FN3O. The highest BCUT2D eigenvalue weighted by molar-refractivity contribution is 5.89. The first kappa shape index (κ1) is 17.4. The summed E-state index contributed by atoms with van der Waals surface area (Å²) in [6, 6.07) is 15.9. The lowest BCUT2D eigenvalue weighted by Gasteiger charge is -2.33. The van der Waals surface area contributed by atoms with E-state index in [2.05, 4.69) is 27.7 Å². The Morgan fingerprint density at radius 1 is 1.04 bits per heavy atom. The van der Waals surface area contributed by atoms with Crippen molar-refractivity contribution >= 4 is 11.7 Å². The molecule has 2 aromatic rings. The fraction of sp³-hybridized carbons (Fsp3) is 0.350. The van der Waals surface area contributed by atoms with Crippen LogP contribution in [0.5, 0.6) is 0 Å². The Bertz CT molecular complexity index is 684. The van der Waals surface area contributed by atoms with Gasteiger partial charge in [0.15, 0.2) is 0 Å². The molecule has 3 rings (SSSR count). The van der Waals surface area contributed by atoms with Gasteiger partial charge < -0.3 is 10.6 Å². The van der Waals surface area contributed by atoms with E-state index >= 15 is 0 Å². The number of hydrogen-bond donors (Lipinski definition) is 2. The van der Waals surface area contributed by atoms with Crippen molar-refractivity contribution in [3.8, 4) is 0 Å². The van der Waals surface area contributed by atoms with Gasteiger partial charge >= 0.3 is 6.03 Å². The molecule has 1 aliphatic heterocycles. The molecule has 2 unspecified atom stereocenters. The number of benzene rings is 2. The molecule has 2 N–H and O–H groups in total. The zero-order chi connectivity index (χ0) is 17.6. The topological polar surface area (TPSA) is 44.4 Å². The number of rotatable bonds is 5. The first-order chi connectivity index (χ1) is 12.1. The Morgan fingerprint density at radius 3 is 2.32 bits per heavy atom. The SMILES string of the molecule is CC(NC(=O)Nc1ccc(F)cc1)C(c1ccccc1)N1CCCC1. The lowest BCUT2D eigenvalue weighted by atomic mass is 9.99. The maximum absolute atomic E-state index is 13.0. The van der Waals surface area contributed by atoms with Crippen LogP contribution in [0.25, 0.3) is 0 Å². The third-order valence-corrected chi connectivity index (χ3v) is 4.61. The van der Waals surface area contributed by atoms with E-state index in [9.17, 15) is 9.18 Å². The average molecular weight is 341 g/mol. The van der Waals surface area contributed by atoms with Crippen LogP contribution in [-0.4, -0.2) is 30.1 Å². The predicted molar refractivity (Wildman–Crippen MR) is 98.0 cm³/mol. The summed E-state index contributed by atoms with van der Waals surface area (Å²) < 4.78 is 13.0. The van der Waals surface area contributed by atoms with Crippen LogP contribution >= 0.6 is 0 Å². The van der Waals surface area contributed by atoms with Crippen LogP contribution in [0.15, 0.2) is 54.6 Å². The van der Waals surface area contributed by atoms with Crippen molar-refractivity contribution in [2.45, 2.75) is 31.8 Å². The number of carbonyl (C=O) groups excluding carboxylic acids is 1. The van der Waals surface area contributed by atoms with Gasteiger partial charge in [-0.25, -0.2) is 9.18 Å². The van der Waals surface area contributed by atoms with Crippen molar-refractivity contribution < 1.29 is 9.18 Å². The van der Waals surface area contributed by atoms with Crippen LogP contribution < -0.4 is 10.6 Å². The lowest BCUT2D eigenvalue weighted by molar-refractivity contribution is 0.197. The van der Waals surface area contributed by atoms with Crippen LogP contribution in [0.4, 0.5) is 14.9 Å². The molecule has 1 aliphatic rings. The number of likely N-dealkylation sites (tertiary alicyclic amines) is 1. The summed E-state index contributed by atoms with van der Waals surface area (Å²) in [7, 11) is 0. The van der Waals surface area contributed by atoms with Crippen LogP contribution in [0.2, 0.25) is 0 Å². The van der Waals surface area contributed by atoms with Gasteiger partial charge in [-0.15, -0.1) is 0 Å². The Labute approximate surface area is 148 Å². The fourth-order valence-electron chi connectivity index (χ4n) is 3.47. The minimum Gasteiger partial charge on any atom is -0.333 e. The molecule has 25 heavy (non-hydrogen) atoms. The van der Waals surface area contributed by atoms with Crippen LogP contribution in [0.3, 0.4) is 0 Å². The predicted octanol–water partition coefficient (Wildman–Crippen LogP) is 4.17. The largest absolute Gasteiger partial charge is 0.333 e. The molecule has 0 radical (unpaired) electrons. The third kappa shape index (κ3) is 4.57. The molecule has 2 aromatic carbocycles. The Morgan fingerprint density at radius 2 is 1.68 bits per heavy atom. The van der Waals surface area contributed by atoms with Crippen LogP contribution in [-0.2, 0) is 0 Å². The van der Waals surface area contributed by atoms with Gasteiger partial charge in [-0.05, 0) is 62.7 Å². The molecule has 1 saturated heterocycles. The number of carbonyl (C=O) groups is 1. The minimum atomic E-state index is -0.322. The molecule has 132 valence electrons. The van der Waals surface area contributed by atoms with Gasteiger partial charge in [0, 0.05) is 11.7 Å². The van der Waals surface area contributed by atoms with Crippen LogP contribution in [0, 0.1) is 5.82 Å². The summed E-state index contributed by atoms with van der Waals surface area (Å²) in [5.74, 6) is -0.322. The molecule has 1 fully saturated rings. The van der Waals surface area contributed by atoms with Crippen LogP contribution in [0.1, 0.15) is 31.4 Å². The summed E-state index contributed by atoms with van der Waals surface area (Å²) in [6.07, 6.45) is 2.38. The minimum absolute atomic E-state index is 0.0547. The van der Waals surface area contributed by atoms with Crippen molar-refractivity contribution in [2.24, 2.45) is 0 Å². The molecule has 2 atom stereocenters. The second kappa shape index (κ2) is 8.12. The Kier molecular flexibility index (Phi) is 5.66. The summed E-state index contributed by atoms with van der Waals surface area (Å²) in [6.45, 7) is 4.12. The van der Waals surface area contributed by atoms with Gasteiger partial charge in [-0.3, -0.25) is 4.90 Å². The van der Waals surface area contributed by atoms with Crippen molar-refractivity contribution in [3.63, 3.8) is 0 Å². The Balaban J connectivity index is 1.68. The Hall–Kier alpha value is -2.40. The second-order valence-corrected chi connectivity index (χ2v) is 6.49. The first-order valence-electron chi connectivity index (χ1n) is 8.75. The molecule has 0 aromatic heterocycles. The van der Waals surface area contributed by atoms with E-state index in [0.717, 1.165) is 13.1 Å². The van der Waals surface area contributed by atoms with Gasteiger partial charge in [0.1, 0.15) is 5.82 Å². The van der Waals surface area contributed by atoms with Crippen molar-refractivity contribution in [2.75, 3.05) is 18.4 Å². The quantitative estimate of drug-likeness (QED) is 0.857. The molecule has 0 saturated carbocycles. The van der Waals surface area contributed by atoms with E-state index in [1.165, 1.54) is 30.5 Å². The van der Waals surface area contributed by atoms with Gasteiger partial charge in [0.2, 0.25) is 0 Å². The standard InChI is InChI=1S/C20H24FN3O/c1-15(22-20(25)23-18-11-9-17(21)10-12-18)19(24-13-5-6-14-24)16-7-3-2-4-8-16/h2-4,7-12,15,19H,5-6,13-14H2,1H3,(H2,22,23,25). The van der Waals surface area contributed by atoms with Crippen molar-refractivity contribution in [3.05, 3.63) is 66.0 Å². The molecule has 5 heteroatoms. The number of nitrogens with one attached hydrogen (secondary N) is 2. The van der Waals surface area contributed by atoms with E-state index in [1.54, 1.807) is 12.1 Å². The second-order valence-electron chi connectivity index (χ2n) is 6.49. The zero-order valence-corrected chi connectivity index (χ0v) is 14.4. The summed E-state index contributed by atoms with van der Waals surface area (Å²) >= 11 is 0. The lowest BCUT2D eigenvalue weighted by Crippen LogP contribution is -2.45. The highest BCUT2D eigenvalue weighted by atomic mass is 19.1. The first-order valence-corrected chi connectivity index (χ1v) is 8.75. The van der Waals surface area contributed by atoms with E-state index < -0.39 is 0 Å². The maximum atomic E-state index is 13.0. The summed E-state index contributed by atoms with van der Waals surface area (Å²) in [5.41, 5.74) is 1.78. The van der Waals surface area contributed by atoms with Crippen molar-refractivity contribution in [1.82, 2.24) is 10.2 Å². The number of urea groups is 1. The van der Waals surface area contributed by atoms with E-state index in [1.807, 2.05) is 25.1 Å². The molecule has 0 spiro atoms. The van der Waals surface area contributed by atoms with Gasteiger partial charge in [-0.1, -0.05) is 30.3 Å². The van der Waals surface area contributed by atoms with Gasteiger partial charge in [0.25, 0.3) is 0 Å². The zero-order valence-electron chi connectivity index (χ0n) is 14.4. The van der Waals surface area contributed by atoms with E-state index in [0.29, 0.717) is 5.69 Å². The summed E-state index contributed by atoms with van der Waals surface area (Å²) in [5, 5.41) is 5.79. The number of halogens is 1. The fourth-order valence-corrected chi connectivity index (χ4v) is 3.47. The molecule has 0 bridgehead atoms. The average Bonchev–Trinajstić information content (AvgIpc) is 3.12. The molecule has 4 nitrogen and oxygen atoms in total. The third-order valence-electron chi connectivity index (χ3n) is 4.61. The van der Waals surface area contributed by atoms with E-state index in [4.69, 9.17) is 0 Å². The maximum Gasteiger partial charge on any atom is 0.319 e. The normalized spacial score (nSPS) is 17.0. The van der Waals surface area contributed by atoms with Gasteiger partial charge in [-0.2, -0.15) is 0 Å². The number of nitrogens with zero attached hydrogens (tertiary/aromatic N) is 1. The van der Waals surface area contributed by atoms with Crippen molar-refractivity contribution in [1.29, 1.82) is 0 Å². The van der Waals surface area contributed by atoms with Gasteiger partial charge in [0.05, 0.1) is 6.04 Å². The molecule has 0 aliphatic carbocycles. The summed E-state index contributed by atoms with van der Waals surface area (Å²) in [4.78, 5) is 14.8. The number of anilines is 1. The smallest absolute Gasteiger partial charge is 0.319 e. The molecular weight excluding hydrogens is 317 g/mol. The monoisotopic (exact) mass is 341 g/mol. The highest BCUT2D eigenvalue weighted by Crippen LogP contribution is 2.28.